The van der Waals surface area contributed by atoms with Crippen molar-refractivity contribution < 1.29 is 0 Å². The lowest BCUT2D eigenvalue weighted by Crippen LogP contribution is -2.28. The zero-order valence-electron chi connectivity index (χ0n) is 11.3. The Morgan fingerprint density at radius 1 is 1.53 bits per heavy atom. The van der Waals surface area contributed by atoms with Crippen molar-refractivity contribution in [2.45, 2.75) is 45.6 Å². The summed E-state index contributed by atoms with van der Waals surface area (Å²) >= 11 is 0. The van der Waals surface area contributed by atoms with Crippen LogP contribution in [0.1, 0.15) is 51.3 Å². The van der Waals surface area contributed by atoms with Crippen LogP contribution < -0.4 is 5.32 Å². The van der Waals surface area contributed by atoms with Crippen LogP contribution >= 0.6 is 0 Å². The van der Waals surface area contributed by atoms with Crippen molar-refractivity contribution in [1.29, 1.82) is 0 Å². The van der Waals surface area contributed by atoms with Crippen LogP contribution in [0.3, 0.4) is 0 Å². The molecule has 3 heteroatoms. The summed E-state index contributed by atoms with van der Waals surface area (Å²) in [6.07, 6.45) is 7.30. The average molecular weight is 235 g/mol. The zero-order chi connectivity index (χ0) is 12.3. The van der Waals surface area contributed by atoms with Crippen LogP contribution in [0.25, 0.3) is 0 Å². The minimum absolute atomic E-state index is 0.459. The first kappa shape index (κ1) is 12.6. The van der Waals surface area contributed by atoms with Gasteiger partial charge in [0.25, 0.3) is 0 Å². The van der Waals surface area contributed by atoms with Gasteiger partial charge in [-0.25, -0.2) is 0 Å². The van der Waals surface area contributed by atoms with E-state index in [1.54, 1.807) is 0 Å². The minimum Gasteiger partial charge on any atom is -0.308 e. The Kier molecular flexibility index (Phi) is 4.21. The normalized spacial score (nSPS) is 26.3. The summed E-state index contributed by atoms with van der Waals surface area (Å²) in [5, 5.41) is 8.27. The molecule has 3 nitrogen and oxygen atoms in total. The SMILES string of the molecule is CCCNC(c1ccn(C)n1)C1CCC(C)C1. The van der Waals surface area contributed by atoms with Gasteiger partial charge in [-0.1, -0.05) is 20.3 Å². The van der Waals surface area contributed by atoms with E-state index in [1.807, 2.05) is 17.9 Å². The van der Waals surface area contributed by atoms with Crippen LogP contribution in [-0.2, 0) is 7.05 Å². The minimum atomic E-state index is 0.459. The number of rotatable bonds is 5. The molecule has 0 aromatic carbocycles. The summed E-state index contributed by atoms with van der Waals surface area (Å²) in [6, 6.07) is 2.62. The Morgan fingerprint density at radius 3 is 2.88 bits per heavy atom. The van der Waals surface area contributed by atoms with Crippen molar-refractivity contribution >= 4 is 0 Å². The molecule has 0 spiro atoms. The first-order chi connectivity index (χ1) is 8.20. The van der Waals surface area contributed by atoms with Gasteiger partial charge in [0.2, 0.25) is 0 Å². The monoisotopic (exact) mass is 235 g/mol. The second kappa shape index (κ2) is 5.67. The molecule has 1 aromatic heterocycles. The number of aryl methyl sites for hydroxylation is 1. The van der Waals surface area contributed by atoms with E-state index in [0.717, 1.165) is 18.4 Å². The molecule has 0 saturated heterocycles. The van der Waals surface area contributed by atoms with E-state index in [2.05, 4.69) is 30.3 Å². The van der Waals surface area contributed by atoms with Crippen molar-refractivity contribution in [2.75, 3.05) is 6.54 Å². The summed E-state index contributed by atoms with van der Waals surface area (Å²) in [5.74, 6) is 1.65. The second-order valence-electron chi connectivity index (χ2n) is 5.52. The van der Waals surface area contributed by atoms with Crippen molar-refractivity contribution in [3.05, 3.63) is 18.0 Å². The van der Waals surface area contributed by atoms with Gasteiger partial charge in [-0.05, 0) is 43.7 Å². The average Bonchev–Trinajstić information content (AvgIpc) is 2.89. The summed E-state index contributed by atoms with van der Waals surface area (Å²) in [7, 11) is 2.00. The molecule has 0 bridgehead atoms. The summed E-state index contributed by atoms with van der Waals surface area (Å²) < 4.78 is 1.91. The lowest BCUT2D eigenvalue weighted by molar-refractivity contribution is 0.350. The van der Waals surface area contributed by atoms with Gasteiger partial charge < -0.3 is 5.32 Å². The molecule has 1 aliphatic rings. The Hall–Kier alpha value is -0.830. The molecular formula is C14H25N3. The van der Waals surface area contributed by atoms with Gasteiger partial charge in [0.15, 0.2) is 0 Å². The molecule has 1 saturated carbocycles. The molecule has 1 aliphatic carbocycles. The Morgan fingerprint density at radius 2 is 2.35 bits per heavy atom. The van der Waals surface area contributed by atoms with Gasteiger partial charge >= 0.3 is 0 Å². The predicted octanol–water partition coefficient (Wildman–Crippen LogP) is 2.90. The molecule has 1 N–H and O–H groups in total. The third-order valence-corrected chi connectivity index (χ3v) is 3.87. The Labute approximate surface area is 105 Å². The molecule has 3 atom stereocenters. The zero-order valence-corrected chi connectivity index (χ0v) is 11.3. The Bertz CT molecular complexity index is 345. The largest absolute Gasteiger partial charge is 0.308 e. The van der Waals surface area contributed by atoms with Crippen molar-refractivity contribution in [1.82, 2.24) is 15.1 Å². The van der Waals surface area contributed by atoms with Gasteiger partial charge in [0.1, 0.15) is 0 Å². The summed E-state index contributed by atoms with van der Waals surface area (Å²) in [4.78, 5) is 0. The molecule has 17 heavy (non-hydrogen) atoms. The molecule has 2 rings (SSSR count). The molecular weight excluding hydrogens is 210 g/mol. The number of aromatic nitrogens is 2. The smallest absolute Gasteiger partial charge is 0.0796 e. The highest BCUT2D eigenvalue weighted by molar-refractivity contribution is 5.08. The maximum Gasteiger partial charge on any atom is 0.0796 e. The molecule has 1 aromatic rings. The van der Waals surface area contributed by atoms with E-state index in [0.29, 0.717) is 6.04 Å². The third kappa shape index (κ3) is 3.09. The van der Waals surface area contributed by atoms with E-state index in [-0.39, 0.29) is 0 Å². The number of hydrogen-bond acceptors (Lipinski definition) is 2. The van der Waals surface area contributed by atoms with Crippen molar-refractivity contribution in [3.8, 4) is 0 Å². The molecule has 0 radical (unpaired) electrons. The van der Waals surface area contributed by atoms with E-state index in [4.69, 9.17) is 0 Å². The lowest BCUT2D eigenvalue weighted by atomic mass is 9.94. The number of hydrogen-bond donors (Lipinski definition) is 1. The number of nitrogens with zero attached hydrogens (tertiary/aromatic N) is 2. The fourth-order valence-corrected chi connectivity index (χ4v) is 2.97. The molecule has 1 heterocycles. The highest BCUT2D eigenvalue weighted by Gasteiger charge is 2.30. The Balaban J connectivity index is 2.07. The quantitative estimate of drug-likeness (QED) is 0.850. The highest BCUT2D eigenvalue weighted by atomic mass is 15.3. The molecule has 0 aliphatic heterocycles. The van der Waals surface area contributed by atoms with Gasteiger partial charge in [0, 0.05) is 13.2 Å². The fraction of sp³-hybridized carbons (Fsp3) is 0.786. The fourth-order valence-electron chi connectivity index (χ4n) is 2.97. The molecule has 96 valence electrons. The van der Waals surface area contributed by atoms with E-state index >= 15 is 0 Å². The number of nitrogens with one attached hydrogen (secondary N) is 1. The summed E-state index contributed by atoms with van der Waals surface area (Å²) in [6.45, 7) is 5.68. The maximum atomic E-state index is 4.59. The lowest BCUT2D eigenvalue weighted by Gasteiger charge is -2.23. The maximum absolute atomic E-state index is 4.59. The molecule has 3 unspecified atom stereocenters. The van der Waals surface area contributed by atoms with E-state index < -0.39 is 0 Å². The third-order valence-electron chi connectivity index (χ3n) is 3.87. The van der Waals surface area contributed by atoms with Crippen molar-refractivity contribution in [2.24, 2.45) is 18.9 Å². The summed E-state index contributed by atoms with van der Waals surface area (Å²) in [5.41, 5.74) is 1.22. The standard InChI is InChI=1S/C14H25N3/c1-4-8-15-14(12-6-5-11(2)10-12)13-7-9-17(3)16-13/h7,9,11-12,14-15H,4-6,8,10H2,1-3H3. The first-order valence-corrected chi connectivity index (χ1v) is 6.93. The van der Waals surface area contributed by atoms with Gasteiger partial charge in [-0.3, -0.25) is 4.68 Å². The van der Waals surface area contributed by atoms with Gasteiger partial charge in [0.05, 0.1) is 11.7 Å². The van der Waals surface area contributed by atoms with Gasteiger partial charge in [-0.2, -0.15) is 5.10 Å². The molecule has 0 amide bonds. The van der Waals surface area contributed by atoms with Crippen LogP contribution in [-0.4, -0.2) is 16.3 Å². The first-order valence-electron chi connectivity index (χ1n) is 6.93. The van der Waals surface area contributed by atoms with Crippen LogP contribution in [0.15, 0.2) is 12.3 Å². The van der Waals surface area contributed by atoms with Crippen molar-refractivity contribution in [3.63, 3.8) is 0 Å². The van der Waals surface area contributed by atoms with E-state index in [9.17, 15) is 0 Å². The van der Waals surface area contributed by atoms with Gasteiger partial charge in [-0.15, -0.1) is 0 Å². The van der Waals surface area contributed by atoms with Crippen LogP contribution in [0.4, 0.5) is 0 Å². The van der Waals surface area contributed by atoms with Crippen LogP contribution in [0.5, 0.6) is 0 Å². The van der Waals surface area contributed by atoms with E-state index in [1.165, 1.54) is 31.4 Å². The second-order valence-corrected chi connectivity index (χ2v) is 5.52. The predicted molar refractivity (Wildman–Crippen MR) is 70.7 cm³/mol. The van der Waals surface area contributed by atoms with Crippen LogP contribution in [0, 0.1) is 11.8 Å². The highest BCUT2D eigenvalue weighted by Crippen LogP contribution is 2.38. The van der Waals surface area contributed by atoms with Crippen LogP contribution in [0.2, 0.25) is 0 Å². The topological polar surface area (TPSA) is 29.9 Å². The molecule has 1 fully saturated rings.